The molecule has 0 radical (unpaired) electrons. The molecule has 3 aromatic carbocycles. The summed E-state index contributed by atoms with van der Waals surface area (Å²) in [5, 5.41) is 12.2. The number of esters is 1. The van der Waals surface area contributed by atoms with Crippen molar-refractivity contribution in [1.29, 1.82) is 0 Å². The van der Waals surface area contributed by atoms with Crippen molar-refractivity contribution >= 4 is 22.9 Å². The Morgan fingerprint density at radius 1 is 0.968 bits per heavy atom. The minimum absolute atomic E-state index is 0.205. The summed E-state index contributed by atoms with van der Waals surface area (Å²) >= 11 is 0. The Labute approximate surface area is 178 Å². The zero-order chi connectivity index (χ0) is 21.8. The van der Waals surface area contributed by atoms with Gasteiger partial charge in [0.25, 0.3) is 0 Å². The van der Waals surface area contributed by atoms with Crippen LogP contribution in [0, 0.1) is 0 Å². The van der Waals surface area contributed by atoms with Crippen LogP contribution in [0.2, 0.25) is 0 Å². The largest absolute Gasteiger partial charge is 0.546 e. The van der Waals surface area contributed by atoms with Crippen LogP contribution in [-0.2, 0) is 9.53 Å². The quantitative estimate of drug-likeness (QED) is 0.422. The van der Waals surface area contributed by atoms with E-state index in [2.05, 4.69) is 0 Å². The lowest BCUT2D eigenvalue weighted by Gasteiger charge is -2.20. The number of aliphatic carboxylic acids is 1. The van der Waals surface area contributed by atoms with E-state index in [1.165, 1.54) is 0 Å². The summed E-state index contributed by atoms with van der Waals surface area (Å²) in [5.41, 5.74) is 1.89. The molecule has 31 heavy (non-hydrogen) atoms. The molecule has 0 aliphatic heterocycles. The second-order valence-corrected chi connectivity index (χ2v) is 6.78. The van der Waals surface area contributed by atoms with Gasteiger partial charge >= 0.3 is 5.97 Å². The van der Waals surface area contributed by atoms with Gasteiger partial charge in [0.1, 0.15) is 22.7 Å². The molecule has 6 nitrogen and oxygen atoms in total. The summed E-state index contributed by atoms with van der Waals surface area (Å²) in [6.45, 7) is 1.93. The normalized spacial score (nSPS) is 11.8. The monoisotopic (exact) mass is 415 g/mol. The number of carbonyl (C=O) groups excluding carboxylic acids is 2. The van der Waals surface area contributed by atoms with Crippen LogP contribution >= 0.6 is 0 Å². The first kappa shape index (κ1) is 20.2. The van der Waals surface area contributed by atoms with Crippen LogP contribution < -0.4 is 9.84 Å². The minimum Gasteiger partial charge on any atom is -0.546 e. The van der Waals surface area contributed by atoms with E-state index in [9.17, 15) is 14.7 Å². The molecule has 0 saturated heterocycles. The topological polar surface area (TPSA) is 88.8 Å². The van der Waals surface area contributed by atoms with Crippen LogP contribution in [0.1, 0.15) is 28.9 Å². The number of rotatable bonds is 7. The third kappa shape index (κ3) is 4.14. The van der Waals surface area contributed by atoms with E-state index in [-0.39, 0.29) is 17.9 Å². The maximum absolute atomic E-state index is 12.7. The van der Waals surface area contributed by atoms with Crippen LogP contribution in [0.15, 0.2) is 83.3 Å². The third-order valence-corrected chi connectivity index (χ3v) is 4.75. The molecule has 1 atom stereocenters. The van der Waals surface area contributed by atoms with Gasteiger partial charge in [0.15, 0.2) is 6.10 Å². The molecule has 4 rings (SSSR count). The lowest BCUT2D eigenvalue weighted by molar-refractivity contribution is -0.314. The summed E-state index contributed by atoms with van der Waals surface area (Å²) in [5.74, 6) is -1.26. The fourth-order valence-electron chi connectivity index (χ4n) is 3.36. The van der Waals surface area contributed by atoms with Gasteiger partial charge in [-0.15, -0.1) is 0 Å². The van der Waals surface area contributed by atoms with Crippen LogP contribution in [0.4, 0.5) is 0 Å². The summed E-state index contributed by atoms with van der Waals surface area (Å²) < 4.78 is 16.9. The predicted molar refractivity (Wildman–Crippen MR) is 112 cm³/mol. The van der Waals surface area contributed by atoms with Crippen molar-refractivity contribution in [1.82, 2.24) is 0 Å². The first-order valence-corrected chi connectivity index (χ1v) is 9.80. The molecule has 0 N–H and O–H groups in total. The van der Waals surface area contributed by atoms with Crippen molar-refractivity contribution in [3.05, 3.63) is 90.0 Å². The van der Waals surface area contributed by atoms with Gasteiger partial charge in [-0.05, 0) is 30.7 Å². The molecule has 0 spiro atoms. The highest BCUT2D eigenvalue weighted by Gasteiger charge is 2.24. The molecule has 1 aromatic heterocycles. The molecule has 4 aromatic rings. The van der Waals surface area contributed by atoms with Crippen molar-refractivity contribution in [2.75, 3.05) is 6.61 Å². The molecule has 0 bridgehead atoms. The Balaban J connectivity index is 1.80. The van der Waals surface area contributed by atoms with E-state index in [0.717, 1.165) is 5.56 Å². The lowest BCUT2D eigenvalue weighted by Crippen LogP contribution is -2.33. The molecular formula is C25H19O6-. The summed E-state index contributed by atoms with van der Waals surface area (Å²) in [7, 11) is 0. The van der Waals surface area contributed by atoms with E-state index in [4.69, 9.17) is 13.9 Å². The number of carboxylic acid groups (broad SMARTS) is 1. The van der Waals surface area contributed by atoms with Crippen LogP contribution in [0.5, 0.6) is 5.75 Å². The fraction of sp³-hybridized carbons (Fsp3) is 0.120. The van der Waals surface area contributed by atoms with Crippen LogP contribution in [0.25, 0.3) is 22.3 Å². The number of hydrogen-bond donors (Lipinski definition) is 0. The zero-order valence-electron chi connectivity index (χ0n) is 16.7. The highest BCUT2D eigenvalue weighted by molar-refractivity contribution is 6.09. The van der Waals surface area contributed by atoms with E-state index < -0.39 is 18.0 Å². The van der Waals surface area contributed by atoms with Gasteiger partial charge in [-0.2, -0.15) is 0 Å². The molecular weight excluding hydrogens is 396 g/mol. The number of carboxylic acids is 1. The lowest BCUT2D eigenvalue weighted by atomic mass is 10.1. The average Bonchev–Trinajstić information content (AvgIpc) is 3.17. The zero-order valence-corrected chi connectivity index (χ0v) is 16.7. The summed E-state index contributed by atoms with van der Waals surface area (Å²) in [6.07, 6.45) is -1.30. The number of fused-ring (bicyclic) bond motifs is 1. The first-order valence-electron chi connectivity index (χ1n) is 9.80. The minimum atomic E-state index is -1.37. The molecule has 0 amide bonds. The molecule has 0 unspecified atom stereocenters. The van der Waals surface area contributed by atoms with Gasteiger partial charge < -0.3 is 23.8 Å². The Morgan fingerprint density at radius 2 is 1.65 bits per heavy atom. The maximum atomic E-state index is 12.7. The van der Waals surface area contributed by atoms with E-state index in [1.807, 2.05) is 30.3 Å². The van der Waals surface area contributed by atoms with Gasteiger partial charge in [0, 0.05) is 10.9 Å². The van der Waals surface area contributed by atoms with Crippen LogP contribution in [-0.4, -0.2) is 18.5 Å². The predicted octanol–water partition coefficient (Wildman–Crippen LogP) is 4.15. The highest BCUT2D eigenvalue weighted by atomic mass is 16.5. The second-order valence-electron chi connectivity index (χ2n) is 6.78. The van der Waals surface area contributed by atoms with E-state index in [0.29, 0.717) is 22.3 Å². The van der Waals surface area contributed by atoms with Gasteiger partial charge in [0.05, 0.1) is 12.6 Å². The Bertz CT molecular complexity index is 1210. The van der Waals surface area contributed by atoms with E-state index in [1.54, 1.807) is 55.5 Å². The Hall–Kier alpha value is -4.06. The molecule has 156 valence electrons. The number of furan rings is 1. The van der Waals surface area contributed by atoms with Gasteiger partial charge in [0.2, 0.25) is 0 Å². The van der Waals surface area contributed by atoms with Crippen molar-refractivity contribution in [3.8, 4) is 17.1 Å². The van der Waals surface area contributed by atoms with Gasteiger partial charge in [-0.25, -0.2) is 4.79 Å². The number of carbonyl (C=O) groups is 2. The fourth-order valence-corrected chi connectivity index (χ4v) is 3.36. The average molecular weight is 415 g/mol. The summed E-state index contributed by atoms with van der Waals surface area (Å²) in [4.78, 5) is 24.4. The van der Waals surface area contributed by atoms with Crippen molar-refractivity contribution in [2.45, 2.75) is 13.0 Å². The Morgan fingerprint density at radius 3 is 2.29 bits per heavy atom. The van der Waals surface area contributed by atoms with Crippen molar-refractivity contribution < 1.29 is 28.6 Å². The Kier molecular flexibility index (Phi) is 5.71. The highest BCUT2D eigenvalue weighted by Crippen LogP contribution is 2.36. The smallest absolute Gasteiger partial charge is 0.342 e. The molecule has 0 saturated carbocycles. The second kappa shape index (κ2) is 8.75. The molecule has 0 aliphatic rings. The summed E-state index contributed by atoms with van der Waals surface area (Å²) in [6, 6.07) is 22.5. The molecule has 0 fully saturated rings. The van der Waals surface area contributed by atoms with Crippen LogP contribution in [0.3, 0.4) is 0 Å². The molecule has 0 aliphatic carbocycles. The first-order chi connectivity index (χ1) is 15.1. The van der Waals surface area contributed by atoms with E-state index >= 15 is 0 Å². The van der Waals surface area contributed by atoms with Crippen molar-refractivity contribution in [2.24, 2.45) is 0 Å². The number of benzene rings is 3. The molecule has 6 heteroatoms. The third-order valence-electron chi connectivity index (χ3n) is 4.75. The number of hydrogen-bond acceptors (Lipinski definition) is 6. The maximum Gasteiger partial charge on any atom is 0.342 e. The molecule has 1 heterocycles. The standard InChI is InChI=1S/C25H20O6/c1-2-29-25(28)21-19-15-18(30-23(24(26)27)17-11-7-4-8-12-17)13-14-20(19)31-22(21)16-9-5-3-6-10-16/h3-15,23H,2H2,1H3,(H,26,27)/p-1/t23-/m1/s1. The SMILES string of the molecule is CCOC(=O)c1c(-c2ccccc2)oc2ccc(O[C@@H](C(=O)[O-])c3ccccc3)cc12. The van der Waals surface area contributed by atoms with Gasteiger partial charge in [-0.3, -0.25) is 0 Å². The van der Waals surface area contributed by atoms with Crippen molar-refractivity contribution in [3.63, 3.8) is 0 Å². The number of ether oxygens (including phenoxy) is 2. The van der Waals surface area contributed by atoms with Gasteiger partial charge in [-0.1, -0.05) is 60.7 Å².